The van der Waals surface area contributed by atoms with Crippen LogP contribution in [0.1, 0.15) is 11.1 Å². The molecule has 0 fully saturated rings. The number of thiazole rings is 1. The van der Waals surface area contributed by atoms with Gasteiger partial charge < -0.3 is 9.92 Å². The molecule has 0 radical (unpaired) electrons. The quantitative estimate of drug-likeness (QED) is 0.295. The summed E-state index contributed by atoms with van der Waals surface area (Å²) in [6.07, 6.45) is 1.45. The number of hydrogen-bond acceptors (Lipinski definition) is 8. The Morgan fingerprint density at radius 1 is 1.11 bits per heavy atom. The molecule has 8 nitrogen and oxygen atoms in total. The summed E-state index contributed by atoms with van der Waals surface area (Å²) >= 11 is 1.17. The van der Waals surface area contributed by atoms with Crippen LogP contribution in [0.4, 0.5) is 17.6 Å². The minimum atomic E-state index is -5.88. The second-order valence-electron chi connectivity index (χ2n) is 7.11. The highest BCUT2D eigenvalue weighted by Gasteiger charge is 2.50. The standard InChI is InChI=1S/C20H14F4N4O4S2.ClH/c1-28-17(29)19(27-18(28)25,12-4-7-15(21)14(8-12)16-9-26-10-33-16)11-2-5-13(6-3-11)32-34(30,31)20(22,23)24;/h2-10H,1H3,(H2,25,27);1H. The lowest BCUT2D eigenvalue weighted by molar-refractivity contribution is -0.129. The van der Waals surface area contributed by atoms with E-state index in [1.165, 1.54) is 54.4 Å². The minimum absolute atomic E-state index is 0. The number of benzene rings is 2. The number of aromatic nitrogens is 1. The minimum Gasteiger partial charge on any atom is -0.376 e. The van der Waals surface area contributed by atoms with E-state index in [1.54, 1.807) is 0 Å². The Kier molecular flexibility index (Phi) is 6.85. The Bertz CT molecular complexity index is 1400. The maximum Gasteiger partial charge on any atom is 0.534 e. The number of amides is 1. The molecular formula is C20H15ClF4N4O4S2. The number of likely N-dealkylation sites (N-methyl/N-ethyl adjacent to an activating group) is 1. The molecule has 1 aromatic heterocycles. The summed E-state index contributed by atoms with van der Waals surface area (Å²) in [6.45, 7) is 0. The van der Waals surface area contributed by atoms with E-state index >= 15 is 0 Å². The molecule has 3 aromatic rings. The number of halogens is 5. The molecular weight excluding hydrogens is 536 g/mol. The summed E-state index contributed by atoms with van der Waals surface area (Å²) < 4.78 is 79.1. The molecule has 0 aliphatic carbocycles. The van der Waals surface area contributed by atoms with E-state index in [0.29, 0.717) is 4.88 Å². The van der Waals surface area contributed by atoms with Crippen molar-refractivity contribution in [2.24, 2.45) is 10.7 Å². The van der Waals surface area contributed by atoms with Gasteiger partial charge in [-0.15, -0.1) is 23.7 Å². The molecule has 2 heterocycles. The second-order valence-corrected chi connectivity index (χ2v) is 9.54. The fraction of sp³-hybridized carbons (Fsp3) is 0.150. The third-order valence-electron chi connectivity index (χ3n) is 5.08. The number of guanidine groups is 1. The first-order valence-electron chi connectivity index (χ1n) is 9.30. The molecule has 0 bridgehead atoms. The van der Waals surface area contributed by atoms with Gasteiger partial charge in [-0.2, -0.15) is 21.6 Å². The maximum absolute atomic E-state index is 14.6. The van der Waals surface area contributed by atoms with Crippen molar-refractivity contribution in [1.29, 1.82) is 0 Å². The number of alkyl halides is 3. The topological polar surface area (TPSA) is 115 Å². The Labute approximate surface area is 206 Å². The van der Waals surface area contributed by atoms with E-state index in [2.05, 4.69) is 14.2 Å². The van der Waals surface area contributed by atoms with E-state index in [-0.39, 0.29) is 35.1 Å². The third kappa shape index (κ3) is 4.44. The van der Waals surface area contributed by atoms with Crippen LogP contribution in [0.5, 0.6) is 5.75 Å². The largest absolute Gasteiger partial charge is 0.534 e. The molecule has 1 amide bonds. The van der Waals surface area contributed by atoms with Gasteiger partial charge in [0.05, 0.1) is 10.4 Å². The highest BCUT2D eigenvalue weighted by atomic mass is 35.5. The lowest BCUT2D eigenvalue weighted by Crippen LogP contribution is -2.41. The molecule has 15 heteroatoms. The van der Waals surface area contributed by atoms with Crippen LogP contribution in [0.15, 0.2) is 59.2 Å². The van der Waals surface area contributed by atoms with Gasteiger partial charge in [-0.1, -0.05) is 18.2 Å². The molecule has 0 saturated heterocycles. The highest BCUT2D eigenvalue weighted by Crippen LogP contribution is 2.42. The van der Waals surface area contributed by atoms with Crippen molar-refractivity contribution < 1.29 is 35.0 Å². The van der Waals surface area contributed by atoms with Gasteiger partial charge >= 0.3 is 15.6 Å². The average Bonchev–Trinajstić information content (AvgIpc) is 3.38. The molecule has 0 spiro atoms. The Morgan fingerprint density at radius 2 is 1.74 bits per heavy atom. The number of hydrogen-bond donors (Lipinski definition) is 1. The first-order valence-corrected chi connectivity index (χ1v) is 11.6. The number of aliphatic imine (C=N–C) groups is 1. The highest BCUT2D eigenvalue weighted by molar-refractivity contribution is 7.88. The molecule has 1 aliphatic heterocycles. The zero-order chi connectivity index (χ0) is 24.9. The molecule has 186 valence electrons. The van der Waals surface area contributed by atoms with Crippen molar-refractivity contribution in [3.63, 3.8) is 0 Å². The second kappa shape index (κ2) is 9.09. The van der Waals surface area contributed by atoms with E-state index in [1.807, 2.05) is 0 Å². The number of rotatable bonds is 5. The van der Waals surface area contributed by atoms with Gasteiger partial charge in [0.15, 0.2) is 11.5 Å². The Balaban J connectivity index is 0.00000342. The van der Waals surface area contributed by atoms with Crippen molar-refractivity contribution in [3.05, 3.63) is 71.1 Å². The first-order chi connectivity index (χ1) is 15.9. The van der Waals surface area contributed by atoms with Gasteiger partial charge in [0.1, 0.15) is 11.6 Å². The van der Waals surface area contributed by atoms with Crippen LogP contribution in [-0.4, -0.2) is 42.7 Å². The van der Waals surface area contributed by atoms with Crippen LogP contribution in [-0.2, 0) is 20.5 Å². The smallest absolute Gasteiger partial charge is 0.376 e. The van der Waals surface area contributed by atoms with E-state index in [9.17, 15) is 30.8 Å². The third-order valence-corrected chi connectivity index (χ3v) is 6.87. The molecule has 1 aliphatic rings. The van der Waals surface area contributed by atoms with Crippen LogP contribution in [0, 0.1) is 5.82 Å². The summed E-state index contributed by atoms with van der Waals surface area (Å²) in [6, 6.07) is 8.17. The van der Waals surface area contributed by atoms with Crippen molar-refractivity contribution >= 4 is 45.7 Å². The summed E-state index contributed by atoms with van der Waals surface area (Å²) in [7, 11) is -4.50. The fourth-order valence-electron chi connectivity index (χ4n) is 3.40. The molecule has 2 aromatic carbocycles. The summed E-state index contributed by atoms with van der Waals surface area (Å²) in [4.78, 5) is 23.1. The Morgan fingerprint density at radius 3 is 2.26 bits per heavy atom. The first kappa shape index (κ1) is 26.4. The Hall–Kier alpha value is -3.23. The predicted molar refractivity (Wildman–Crippen MR) is 122 cm³/mol. The molecule has 35 heavy (non-hydrogen) atoms. The van der Waals surface area contributed by atoms with Crippen LogP contribution in [0.3, 0.4) is 0 Å². The van der Waals surface area contributed by atoms with Crippen molar-refractivity contribution in [3.8, 4) is 16.2 Å². The van der Waals surface area contributed by atoms with Gasteiger partial charge in [0.2, 0.25) is 0 Å². The number of nitrogens with zero attached hydrogens (tertiary/aromatic N) is 3. The zero-order valence-corrected chi connectivity index (χ0v) is 19.9. The summed E-state index contributed by atoms with van der Waals surface area (Å²) in [5.41, 5.74) is 0.513. The monoisotopic (exact) mass is 550 g/mol. The van der Waals surface area contributed by atoms with Crippen molar-refractivity contribution in [2.75, 3.05) is 7.05 Å². The lowest BCUT2D eigenvalue weighted by Gasteiger charge is -2.26. The molecule has 1 unspecified atom stereocenters. The molecule has 1 atom stereocenters. The van der Waals surface area contributed by atoms with Crippen molar-refractivity contribution in [2.45, 2.75) is 11.0 Å². The normalized spacial score (nSPS) is 18.3. The average molecular weight is 551 g/mol. The van der Waals surface area contributed by atoms with Crippen molar-refractivity contribution in [1.82, 2.24) is 9.88 Å². The number of carbonyl (C=O) groups excluding carboxylic acids is 1. The predicted octanol–water partition coefficient (Wildman–Crippen LogP) is 3.63. The van der Waals surface area contributed by atoms with Gasteiger partial charge in [-0.25, -0.2) is 9.38 Å². The zero-order valence-electron chi connectivity index (χ0n) is 17.5. The van der Waals surface area contributed by atoms with Crippen LogP contribution >= 0.6 is 23.7 Å². The summed E-state index contributed by atoms with van der Waals surface area (Å²) in [5, 5.41) is 0. The SMILES string of the molecule is CN1C(=O)C(c2ccc(OS(=O)(=O)C(F)(F)F)cc2)(c2ccc(F)c(-c3cncs3)c2)N=C1N.Cl. The molecule has 4 rings (SSSR count). The van der Waals surface area contributed by atoms with E-state index < -0.39 is 38.6 Å². The fourth-order valence-corrected chi connectivity index (χ4v) is 4.50. The van der Waals surface area contributed by atoms with E-state index in [0.717, 1.165) is 23.1 Å². The molecule has 0 saturated carbocycles. The lowest BCUT2D eigenvalue weighted by atomic mass is 9.82. The van der Waals surface area contributed by atoms with Gasteiger partial charge in [0.25, 0.3) is 5.91 Å². The molecule has 2 N–H and O–H groups in total. The van der Waals surface area contributed by atoms with Gasteiger partial charge in [0, 0.05) is 18.8 Å². The van der Waals surface area contributed by atoms with Crippen LogP contribution in [0.2, 0.25) is 0 Å². The summed E-state index contributed by atoms with van der Waals surface area (Å²) in [5.74, 6) is -1.95. The van der Waals surface area contributed by atoms with Gasteiger partial charge in [-0.05, 0) is 35.4 Å². The number of nitrogens with two attached hydrogens (primary N) is 1. The van der Waals surface area contributed by atoms with E-state index in [4.69, 9.17) is 5.73 Å². The van der Waals surface area contributed by atoms with Crippen LogP contribution < -0.4 is 9.92 Å². The van der Waals surface area contributed by atoms with Crippen LogP contribution in [0.25, 0.3) is 10.4 Å². The van der Waals surface area contributed by atoms with Gasteiger partial charge in [-0.3, -0.25) is 14.7 Å². The maximum atomic E-state index is 14.6. The number of carbonyl (C=O) groups is 1.